The number of ether oxygens (including phenoxy) is 1. The summed E-state index contributed by atoms with van der Waals surface area (Å²) in [4.78, 5) is 30.0. The molecular formula is C38H45N3O5S. The summed E-state index contributed by atoms with van der Waals surface area (Å²) in [6, 6.07) is 29.6. The number of carbonyl (C=O) groups is 2. The van der Waals surface area contributed by atoms with Gasteiger partial charge in [0.15, 0.2) is 0 Å². The molecule has 0 bridgehead atoms. The summed E-state index contributed by atoms with van der Waals surface area (Å²) in [6.07, 6.45) is 1.98. The number of unbranched alkanes of at least 4 members (excludes halogenated alkanes) is 1. The van der Waals surface area contributed by atoms with Crippen LogP contribution in [0, 0.1) is 13.8 Å². The minimum atomic E-state index is -4.20. The maximum atomic E-state index is 14.6. The molecule has 4 rings (SSSR count). The number of aryl methyl sites for hydroxylation is 2. The van der Waals surface area contributed by atoms with E-state index in [1.165, 1.54) is 17.0 Å². The molecule has 0 heterocycles. The maximum Gasteiger partial charge on any atom is 0.264 e. The van der Waals surface area contributed by atoms with E-state index in [4.69, 9.17) is 4.74 Å². The maximum absolute atomic E-state index is 14.6. The first-order valence-corrected chi connectivity index (χ1v) is 17.5. The van der Waals surface area contributed by atoms with E-state index in [-0.39, 0.29) is 23.8 Å². The van der Waals surface area contributed by atoms with Gasteiger partial charge in [0, 0.05) is 19.5 Å². The second-order valence-corrected chi connectivity index (χ2v) is 13.5. The fourth-order valence-corrected chi connectivity index (χ4v) is 6.72. The molecule has 0 aromatic heterocycles. The van der Waals surface area contributed by atoms with E-state index in [1.807, 2.05) is 94.4 Å². The average Bonchev–Trinajstić information content (AvgIpc) is 3.06. The van der Waals surface area contributed by atoms with Crippen molar-refractivity contribution in [2.75, 3.05) is 24.0 Å². The topological polar surface area (TPSA) is 96.0 Å². The number of anilines is 1. The van der Waals surface area contributed by atoms with Crippen molar-refractivity contribution in [2.24, 2.45) is 0 Å². The number of carbonyl (C=O) groups excluding carboxylic acids is 2. The molecule has 0 saturated heterocycles. The first-order chi connectivity index (χ1) is 22.6. The van der Waals surface area contributed by atoms with Gasteiger partial charge in [0.1, 0.15) is 18.3 Å². The minimum Gasteiger partial charge on any atom is -0.494 e. The van der Waals surface area contributed by atoms with Gasteiger partial charge in [-0.1, -0.05) is 91.2 Å². The highest BCUT2D eigenvalue weighted by atomic mass is 32.2. The second kappa shape index (κ2) is 16.8. The molecule has 0 saturated carbocycles. The third-order valence-corrected chi connectivity index (χ3v) is 9.65. The zero-order chi connectivity index (χ0) is 33.8. The highest BCUT2D eigenvalue weighted by molar-refractivity contribution is 7.92. The molecule has 0 spiro atoms. The van der Waals surface area contributed by atoms with Crippen LogP contribution in [0.2, 0.25) is 0 Å². The number of rotatable bonds is 16. The lowest BCUT2D eigenvalue weighted by Gasteiger charge is -2.34. The van der Waals surface area contributed by atoms with E-state index in [0.717, 1.165) is 39.4 Å². The highest BCUT2D eigenvalue weighted by Gasteiger charge is 2.34. The summed E-state index contributed by atoms with van der Waals surface area (Å²) in [5, 5.41) is 3.02. The fourth-order valence-electron chi connectivity index (χ4n) is 5.31. The van der Waals surface area contributed by atoms with Crippen LogP contribution in [0.5, 0.6) is 5.75 Å². The minimum absolute atomic E-state index is 0.0257. The summed E-state index contributed by atoms with van der Waals surface area (Å²) >= 11 is 0. The van der Waals surface area contributed by atoms with Gasteiger partial charge in [-0.25, -0.2) is 8.42 Å². The van der Waals surface area contributed by atoms with Gasteiger partial charge in [-0.15, -0.1) is 0 Å². The molecule has 1 atom stereocenters. The van der Waals surface area contributed by atoms with Gasteiger partial charge in [-0.05, 0) is 74.7 Å². The van der Waals surface area contributed by atoms with Crippen LogP contribution >= 0.6 is 0 Å². The van der Waals surface area contributed by atoms with Gasteiger partial charge in [-0.2, -0.15) is 0 Å². The molecule has 2 amide bonds. The number of hydrogen-bond acceptors (Lipinski definition) is 5. The molecule has 0 aliphatic carbocycles. The van der Waals surface area contributed by atoms with Crippen LogP contribution in [0.4, 0.5) is 5.69 Å². The van der Waals surface area contributed by atoms with Gasteiger partial charge in [0.05, 0.1) is 17.2 Å². The van der Waals surface area contributed by atoms with Crippen molar-refractivity contribution in [2.45, 2.75) is 64.4 Å². The van der Waals surface area contributed by atoms with E-state index in [9.17, 15) is 18.0 Å². The fraction of sp³-hybridized carbons (Fsp3) is 0.316. The average molecular weight is 656 g/mol. The predicted octanol–water partition coefficient (Wildman–Crippen LogP) is 6.45. The zero-order valence-corrected chi connectivity index (χ0v) is 28.5. The molecule has 248 valence electrons. The van der Waals surface area contributed by atoms with E-state index in [0.29, 0.717) is 24.6 Å². The monoisotopic (exact) mass is 655 g/mol. The summed E-state index contributed by atoms with van der Waals surface area (Å²) < 4.78 is 35.2. The molecule has 0 radical (unpaired) electrons. The van der Waals surface area contributed by atoms with Gasteiger partial charge < -0.3 is 15.0 Å². The molecule has 8 nitrogen and oxygen atoms in total. The molecule has 47 heavy (non-hydrogen) atoms. The molecule has 0 fully saturated rings. The Hall–Kier alpha value is -4.63. The Balaban J connectivity index is 1.78. The van der Waals surface area contributed by atoms with Crippen molar-refractivity contribution in [3.05, 3.63) is 125 Å². The lowest BCUT2D eigenvalue weighted by atomic mass is 10.0. The van der Waals surface area contributed by atoms with Crippen LogP contribution in [-0.2, 0) is 32.6 Å². The summed E-state index contributed by atoms with van der Waals surface area (Å²) in [5.41, 5.74) is 4.05. The van der Waals surface area contributed by atoms with Crippen LogP contribution in [0.1, 0.15) is 48.9 Å². The molecular weight excluding hydrogens is 611 g/mol. The highest BCUT2D eigenvalue weighted by Crippen LogP contribution is 2.27. The van der Waals surface area contributed by atoms with Crippen molar-refractivity contribution in [3.63, 3.8) is 0 Å². The van der Waals surface area contributed by atoms with E-state index < -0.39 is 28.5 Å². The number of nitrogens with zero attached hydrogens (tertiary/aromatic N) is 2. The van der Waals surface area contributed by atoms with Gasteiger partial charge in [-0.3, -0.25) is 13.9 Å². The summed E-state index contributed by atoms with van der Waals surface area (Å²) in [5.74, 6) is -0.223. The van der Waals surface area contributed by atoms with E-state index in [1.54, 1.807) is 24.3 Å². The summed E-state index contributed by atoms with van der Waals surface area (Å²) in [6.45, 7) is 8.34. The zero-order valence-electron chi connectivity index (χ0n) is 27.7. The molecule has 0 aliphatic rings. The van der Waals surface area contributed by atoms with Crippen LogP contribution < -0.4 is 14.4 Å². The lowest BCUT2D eigenvalue weighted by molar-refractivity contribution is -0.140. The van der Waals surface area contributed by atoms with Crippen molar-refractivity contribution in [3.8, 4) is 5.75 Å². The molecule has 0 aliphatic heterocycles. The SMILES string of the molecule is CCCCNC(=O)[C@H](Cc1ccccc1)N(Cc1cccc(C)c1)C(=O)CN(c1ccc(C)cc1)S(=O)(=O)c1ccc(OCC)cc1. The Labute approximate surface area is 279 Å². The van der Waals surface area contributed by atoms with Crippen LogP contribution in [-0.4, -0.2) is 50.9 Å². The predicted molar refractivity (Wildman–Crippen MR) is 187 cm³/mol. The second-order valence-electron chi connectivity index (χ2n) is 11.6. The Morgan fingerprint density at radius 1 is 0.809 bits per heavy atom. The van der Waals surface area contributed by atoms with Crippen molar-refractivity contribution in [1.82, 2.24) is 10.2 Å². The van der Waals surface area contributed by atoms with Gasteiger partial charge in [0.25, 0.3) is 10.0 Å². The molecule has 0 unspecified atom stereocenters. The molecule has 4 aromatic carbocycles. The number of benzene rings is 4. The molecule has 4 aromatic rings. The van der Waals surface area contributed by atoms with E-state index in [2.05, 4.69) is 5.32 Å². The van der Waals surface area contributed by atoms with E-state index >= 15 is 0 Å². The number of nitrogens with one attached hydrogen (secondary N) is 1. The smallest absolute Gasteiger partial charge is 0.264 e. The largest absolute Gasteiger partial charge is 0.494 e. The quantitative estimate of drug-likeness (QED) is 0.140. The third-order valence-electron chi connectivity index (χ3n) is 7.86. The molecule has 9 heteroatoms. The normalized spacial score (nSPS) is 11.8. The van der Waals surface area contributed by atoms with Crippen LogP contribution in [0.15, 0.2) is 108 Å². The number of hydrogen-bond donors (Lipinski definition) is 1. The van der Waals surface area contributed by atoms with Gasteiger partial charge >= 0.3 is 0 Å². The Morgan fingerprint density at radius 3 is 2.13 bits per heavy atom. The number of amides is 2. The van der Waals surface area contributed by atoms with Crippen molar-refractivity contribution in [1.29, 1.82) is 0 Å². The Morgan fingerprint density at radius 2 is 1.49 bits per heavy atom. The summed E-state index contributed by atoms with van der Waals surface area (Å²) in [7, 11) is -4.20. The lowest BCUT2D eigenvalue weighted by Crippen LogP contribution is -2.53. The van der Waals surface area contributed by atoms with Crippen LogP contribution in [0.3, 0.4) is 0 Å². The number of sulfonamides is 1. The standard InChI is InChI=1S/C38H45N3O5S/c1-5-7-24-39-38(43)36(26-31-13-9-8-10-14-31)40(27-32-15-11-12-30(4)25-32)37(42)28-41(33-18-16-29(3)17-19-33)47(44,45)35-22-20-34(21-23-35)46-6-2/h8-23,25,36H,5-7,24,26-28H2,1-4H3,(H,39,43)/t36-/m0/s1. The van der Waals surface area contributed by atoms with Crippen molar-refractivity contribution < 1.29 is 22.7 Å². The molecule has 1 N–H and O–H groups in total. The van der Waals surface area contributed by atoms with Crippen molar-refractivity contribution >= 4 is 27.5 Å². The third kappa shape index (κ3) is 9.68. The first kappa shape index (κ1) is 35.2. The Bertz CT molecular complexity index is 1710. The van der Waals surface area contributed by atoms with Gasteiger partial charge in [0.2, 0.25) is 11.8 Å². The van der Waals surface area contributed by atoms with Crippen LogP contribution in [0.25, 0.3) is 0 Å². The first-order valence-electron chi connectivity index (χ1n) is 16.1. The Kier molecular flexibility index (Phi) is 12.6.